The van der Waals surface area contributed by atoms with Crippen molar-refractivity contribution in [2.45, 2.75) is 51.0 Å². The third-order valence-electron chi connectivity index (χ3n) is 5.40. The van der Waals surface area contributed by atoms with E-state index < -0.39 is 21.4 Å². The number of aryl methyl sites for hydroxylation is 1. The highest BCUT2D eigenvalue weighted by atomic mass is 32.2. The minimum Gasteiger partial charge on any atom is -0.444 e. The molecule has 0 radical (unpaired) electrons. The fraction of sp³-hybridized carbons (Fsp3) is 0.458. The first-order chi connectivity index (χ1) is 15.4. The Hall–Kier alpha value is -2.81. The van der Waals surface area contributed by atoms with E-state index in [-0.39, 0.29) is 22.6 Å². The lowest BCUT2D eigenvalue weighted by atomic mass is 9.97. The average molecular weight is 478 g/mol. The van der Waals surface area contributed by atoms with Gasteiger partial charge in [0.15, 0.2) is 0 Å². The van der Waals surface area contributed by atoms with Crippen molar-refractivity contribution in [2.75, 3.05) is 29.7 Å². The summed E-state index contributed by atoms with van der Waals surface area (Å²) in [6.45, 7) is 9.16. The summed E-state index contributed by atoms with van der Waals surface area (Å²) in [6.07, 6.45) is 1.27. The van der Waals surface area contributed by atoms with Gasteiger partial charge < -0.3 is 15.0 Å². The molecule has 0 bridgehead atoms. The molecule has 0 unspecified atom stereocenters. The smallest absolute Gasteiger partial charge is 0.410 e. The van der Waals surface area contributed by atoms with Crippen LogP contribution in [0, 0.1) is 18.7 Å². The molecule has 1 aliphatic rings. The number of rotatable bonds is 6. The van der Waals surface area contributed by atoms with Gasteiger partial charge in [-0.1, -0.05) is 17.7 Å². The molecule has 7 nitrogen and oxygen atoms in total. The zero-order valence-corrected chi connectivity index (χ0v) is 20.3. The minimum absolute atomic E-state index is 0.109. The summed E-state index contributed by atoms with van der Waals surface area (Å²) >= 11 is 0. The Kier molecular flexibility index (Phi) is 7.51. The van der Waals surface area contributed by atoms with Crippen LogP contribution in [0.1, 0.15) is 39.2 Å². The predicted octanol–water partition coefficient (Wildman–Crippen LogP) is 4.99. The number of nitrogens with one attached hydrogen (secondary N) is 2. The van der Waals surface area contributed by atoms with Gasteiger partial charge in [-0.05, 0) is 70.7 Å². The molecule has 2 N–H and O–H groups in total. The SMILES string of the molecule is Cc1ccc(S(=O)(=O)Nc2cc(F)ccc2NCC2CCN(C(=O)OC(C)(C)C)CC2)cc1. The lowest BCUT2D eigenvalue weighted by Gasteiger charge is -2.33. The van der Waals surface area contributed by atoms with E-state index >= 15 is 0 Å². The molecule has 3 rings (SSSR count). The molecule has 2 aromatic rings. The maximum atomic E-state index is 13.9. The van der Waals surface area contributed by atoms with Gasteiger partial charge in [0.25, 0.3) is 10.0 Å². The van der Waals surface area contributed by atoms with Crippen molar-refractivity contribution in [3.05, 3.63) is 53.8 Å². The third-order valence-corrected chi connectivity index (χ3v) is 6.79. The summed E-state index contributed by atoms with van der Waals surface area (Å²) in [5.41, 5.74) is 1.07. The molecular formula is C24H32FN3O4S. The molecule has 1 amide bonds. The summed E-state index contributed by atoms with van der Waals surface area (Å²) in [5, 5.41) is 3.25. The van der Waals surface area contributed by atoms with Crippen LogP contribution in [0.15, 0.2) is 47.4 Å². The molecule has 0 atom stereocenters. The summed E-state index contributed by atoms with van der Waals surface area (Å²) in [6, 6.07) is 10.4. The highest BCUT2D eigenvalue weighted by Crippen LogP contribution is 2.27. The van der Waals surface area contributed by atoms with Crippen LogP contribution < -0.4 is 10.0 Å². The topological polar surface area (TPSA) is 87.7 Å². The van der Waals surface area contributed by atoms with Gasteiger partial charge >= 0.3 is 6.09 Å². The van der Waals surface area contributed by atoms with Gasteiger partial charge in [0.05, 0.1) is 16.3 Å². The number of benzene rings is 2. The van der Waals surface area contributed by atoms with Crippen LogP contribution in [0.5, 0.6) is 0 Å². The molecule has 0 aromatic heterocycles. The van der Waals surface area contributed by atoms with Crippen molar-refractivity contribution in [1.29, 1.82) is 0 Å². The quantitative estimate of drug-likeness (QED) is 0.612. The molecule has 1 heterocycles. The van der Waals surface area contributed by atoms with E-state index in [9.17, 15) is 17.6 Å². The van der Waals surface area contributed by atoms with Crippen LogP contribution in [0.3, 0.4) is 0 Å². The van der Waals surface area contributed by atoms with Crippen molar-refractivity contribution in [2.24, 2.45) is 5.92 Å². The van der Waals surface area contributed by atoms with Gasteiger partial charge in [-0.2, -0.15) is 0 Å². The number of anilines is 2. The second-order valence-electron chi connectivity index (χ2n) is 9.40. The van der Waals surface area contributed by atoms with E-state index in [2.05, 4.69) is 10.0 Å². The first kappa shape index (κ1) is 24.8. The van der Waals surface area contributed by atoms with Crippen LogP contribution in [0.4, 0.5) is 20.6 Å². The lowest BCUT2D eigenvalue weighted by Crippen LogP contribution is -2.42. The Labute approximate surface area is 195 Å². The minimum atomic E-state index is -3.86. The fourth-order valence-corrected chi connectivity index (χ4v) is 4.65. The van der Waals surface area contributed by atoms with Crippen LogP contribution in [0.2, 0.25) is 0 Å². The van der Waals surface area contributed by atoms with Crippen LogP contribution >= 0.6 is 0 Å². The van der Waals surface area contributed by atoms with Crippen LogP contribution in [-0.2, 0) is 14.8 Å². The largest absolute Gasteiger partial charge is 0.444 e. The van der Waals surface area contributed by atoms with Crippen molar-refractivity contribution in [3.63, 3.8) is 0 Å². The van der Waals surface area contributed by atoms with E-state index in [1.807, 2.05) is 27.7 Å². The number of halogens is 1. The zero-order chi connectivity index (χ0) is 24.2. The van der Waals surface area contributed by atoms with Gasteiger partial charge in [0.2, 0.25) is 0 Å². The molecule has 1 saturated heterocycles. The number of nitrogens with zero attached hydrogens (tertiary/aromatic N) is 1. The maximum Gasteiger partial charge on any atom is 0.410 e. The Morgan fingerprint density at radius 1 is 1.09 bits per heavy atom. The molecule has 2 aromatic carbocycles. The zero-order valence-electron chi connectivity index (χ0n) is 19.5. The average Bonchev–Trinajstić information content (AvgIpc) is 2.72. The van der Waals surface area contributed by atoms with Crippen LogP contribution in [0.25, 0.3) is 0 Å². The van der Waals surface area contributed by atoms with E-state index in [0.29, 0.717) is 25.3 Å². The monoisotopic (exact) mass is 477 g/mol. The number of carbonyl (C=O) groups excluding carboxylic acids is 1. The fourth-order valence-electron chi connectivity index (χ4n) is 3.58. The maximum absolute atomic E-state index is 13.9. The Morgan fingerprint density at radius 3 is 2.33 bits per heavy atom. The molecule has 0 spiro atoms. The number of carbonyl (C=O) groups is 1. The molecule has 0 aliphatic carbocycles. The van der Waals surface area contributed by atoms with Gasteiger partial charge in [0.1, 0.15) is 11.4 Å². The third kappa shape index (κ3) is 7.08. The molecular weight excluding hydrogens is 445 g/mol. The Bertz CT molecular complexity index is 1070. The highest BCUT2D eigenvalue weighted by molar-refractivity contribution is 7.92. The number of hydrogen-bond donors (Lipinski definition) is 2. The van der Waals surface area contributed by atoms with E-state index in [4.69, 9.17) is 4.74 Å². The summed E-state index contributed by atoms with van der Waals surface area (Å²) in [7, 11) is -3.86. The first-order valence-electron chi connectivity index (χ1n) is 11.0. The summed E-state index contributed by atoms with van der Waals surface area (Å²) in [4.78, 5) is 14.1. The number of ether oxygens (including phenoxy) is 1. The molecule has 9 heteroatoms. The second-order valence-corrected chi connectivity index (χ2v) is 11.1. The van der Waals surface area contributed by atoms with Gasteiger partial charge in [0, 0.05) is 25.7 Å². The lowest BCUT2D eigenvalue weighted by molar-refractivity contribution is 0.0188. The van der Waals surface area contributed by atoms with Crippen molar-refractivity contribution in [3.8, 4) is 0 Å². The van der Waals surface area contributed by atoms with E-state index in [1.54, 1.807) is 17.0 Å². The number of piperidine rings is 1. The number of likely N-dealkylation sites (tertiary alicyclic amines) is 1. The summed E-state index contributed by atoms with van der Waals surface area (Å²) in [5.74, 6) is -0.247. The van der Waals surface area contributed by atoms with E-state index in [0.717, 1.165) is 18.4 Å². The first-order valence-corrected chi connectivity index (χ1v) is 12.5. The van der Waals surface area contributed by atoms with Gasteiger partial charge in [-0.3, -0.25) is 4.72 Å². The summed E-state index contributed by atoms with van der Waals surface area (Å²) < 4.78 is 47.4. The Balaban J connectivity index is 1.61. The Morgan fingerprint density at radius 2 is 1.73 bits per heavy atom. The normalized spacial score (nSPS) is 15.2. The van der Waals surface area contributed by atoms with Gasteiger partial charge in [-0.15, -0.1) is 0 Å². The second kappa shape index (κ2) is 9.99. The molecule has 33 heavy (non-hydrogen) atoms. The molecule has 1 fully saturated rings. The number of amides is 1. The predicted molar refractivity (Wildman–Crippen MR) is 127 cm³/mol. The van der Waals surface area contributed by atoms with Crippen molar-refractivity contribution in [1.82, 2.24) is 4.90 Å². The van der Waals surface area contributed by atoms with Crippen molar-refractivity contribution < 1.29 is 22.3 Å². The van der Waals surface area contributed by atoms with Crippen LogP contribution in [-0.4, -0.2) is 44.6 Å². The van der Waals surface area contributed by atoms with Gasteiger partial charge in [-0.25, -0.2) is 17.6 Å². The van der Waals surface area contributed by atoms with E-state index in [1.165, 1.54) is 30.3 Å². The molecule has 180 valence electrons. The number of hydrogen-bond acceptors (Lipinski definition) is 5. The number of sulfonamides is 1. The van der Waals surface area contributed by atoms with Crippen molar-refractivity contribution >= 4 is 27.5 Å². The standard InChI is InChI=1S/C24H32FN3O4S/c1-17-5-8-20(9-6-17)33(30,31)27-22-15-19(25)7-10-21(22)26-16-18-11-13-28(14-12-18)23(29)32-24(2,3)4/h5-10,15,18,26-27H,11-14,16H2,1-4H3. The molecule has 1 aliphatic heterocycles. The molecule has 0 saturated carbocycles. The highest BCUT2D eigenvalue weighted by Gasteiger charge is 2.27.